The van der Waals surface area contributed by atoms with Gasteiger partial charge in [0.25, 0.3) is 0 Å². The second-order valence-corrected chi connectivity index (χ2v) is 8.92. The van der Waals surface area contributed by atoms with Crippen molar-refractivity contribution in [1.29, 1.82) is 0 Å². The van der Waals surface area contributed by atoms with Gasteiger partial charge in [-0.3, -0.25) is 9.59 Å². The van der Waals surface area contributed by atoms with Crippen molar-refractivity contribution in [2.75, 3.05) is 6.54 Å². The molecule has 5 atom stereocenters. The van der Waals surface area contributed by atoms with E-state index in [1.165, 1.54) is 6.92 Å². The van der Waals surface area contributed by atoms with Crippen LogP contribution in [-0.2, 0) is 10.3 Å². The highest BCUT2D eigenvalue weighted by atomic mass is 16.7. The molecule has 5 rings (SSSR count). The molecule has 1 saturated heterocycles. The smallest absolute Gasteiger partial charge is 0.236 e. The van der Waals surface area contributed by atoms with E-state index < -0.39 is 35.6 Å². The predicted octanol–water partition coefficient (Wildman–Crippen LogP) is -0.470. The number of aliphatic hydroxyl groups excluding tert-OH is 2. The minimum atomic E-state index is -2.31. The van der Waals surface area contributed by atoms with E-state index in [1.54, 1.807) is 6.08 Å². The largest absolute Gasteiger partial charge is 0.460 e. The highest BCUT2D eigenvalue weighted by Gasteiger charge is 2.62. The maximum Gasteiger partial charge on any atom is 0.236 e. The molecule has 0 amide bonds. The van der Waals surface area contributed by atoms with Crippen LogP contribution in [0.15, 0.2) is 46.6 Å². The topological polar surface area (TPSA) is 117 Å². The van der Waals surface area contributed by atoms with E-state index in [-0.39, 0.29) is 27.9 Å². The van der Waals surface area contributed by atoms with Gasteiger partial charge >= 0.3 is 0 Å². The number of nitrogens with zero attached hydrogens (tertiary/aromatic N) is 1. The zero-order valence-corrected chi connectivity index (χ0v) is 18.6. The summed E-state index contributed by atoms with van der Waals surface area (Å²) in [4.78, 5) is 28.8. The molecular weight excluding hydrogens is 426 g/mol. The van der Waals surface area contributed by atoms with Crippen LogP contribution in [0.25, 0.3) is 12.2 Å². The van der Waals surface area contributed by atoms with Crippen molar-refractivity contribution >= 4 is 17.9 Å². The highest BCUT2D eigenvalue weighted by Crippen LogP contribution is 2.45. The number of ether oxygens (including phenoxy) is 2. The van der Waals surface area contributed by atoms with Crippen LogP contribution in [-0.4, -0.2) is 57.1 Å². The number of Topliss-reactive ketones (excluding diaryl/α,β-unsaturated/α-hetero) is 1. The number of allylic oxidation sites excluding steroid dienone is 4. The molecule has 8 nitrogen and oxygen atoms in total. The number of fused-ring (bicyclic) bond motifs is 5. The zero-order valence-electron chi connectivity index (χ0n) is 18.6. The fourth-order valence-electron chi connectivity index (χ4n) is 5.32. The minimum absolute atomic E-state index is 0.0483. The van der Waals surface area contributed by atoms with Gasteiger partial charge in [0, 0.05) is 39.5 Å². The van der Waals surface area contributed by atoms with E-state index in [0.717, 1.165) is 17.5 Å². The molecule has 5 unspecified atom stereocenters. The third kappa shape index (κ3) is 2.60. The summed E-state index contributed by atoms with van der Waals surface area (Å²) >= 11 is 0. The molecule has 1 aromatic carbocycles. The van der Waals surface area contributed by atoms with Gasteiger partial charge in [-0.05, 0) is 38.5 Å². The van der Waals surface area contributed by atoms with Crippen LogP contribution in [0.2, 0.25) is 0 Å². The first kappa shape index (κ1) is 21.8. The van der Waals surface area contributed by atoms with Crippen LogP contribution < -0.4 is 20.6 Å². The lowest BCUT2D eigenvalue weighted by atomic mass is 9.82. The van der Waals surface area contributed by atoms with Gasteiger partial charge in [0.2, 0.25) is 6.29 Å². The molecule has 1 aliphatic carbocycles. The summed E-state index contributed by atoms with van der Waals surface area (Å²) in [7, 11) is 0. The van der Waals surface area contributed by atoms with Crippen molar-refractivity contribution in [3.05, 3.63) is 73.6 Å². The Morgan fingerprint density at radius 2 is 1.97 bits per heavy atom. The fraction of sp³-hybridized carbons (Fsp3) is 0.360. The third-order valence-corrected chi connectivity index (χ3v) is 7.04. The second kappa shape index (κ2) is 6.98. The summed E-state index contributed by atoms with van der Waals surface area (Å²) in [6.07, 6.45) is -1.82. The Morgan fingerprint density at radius 3 is 2.64 bits per heavy atom. The van der Waals surface area contributed by atoms with Gasteiger partial charge in [-0.15, -0.1) is 6.58 Å². The van der Waals surface area contributed by atoms with E-state index in [9.17, 15) is 24.9 Å². The molecular formula is C25H25NO7. The summed E-state index contributed by atoms with van der Waals surface area (Å²) in [6, 6.07) is 1.15. The molecule has 33 heavy (non-hydrogen) atoms. The lowest BCUT2D eigenvalue weighted by molar-refractivity contribution is -0.307. The second-order valence-electron chi connectivity index (χ2n) is 8.92. The number of hydrogen-bond acceptors (Lipinski definition) is 8. The molecule has 3 N–H and O–H groups in total. The molecule has 0 radical (unpaired) electrons. The van der Waals surface area contributed by atoms with Crippen LogP contribution in [0.4, 0.5) is 0 Å². The Hall–Kier alpha value is -3.04. The zero-order chi connectivity index (χ0) is 24.0. The number of hydrogen-bond donors (Lipinski definition) is 3. The fourth-order valence-corrected chi connectivity index (χ4v) is 5.32. The first-order chi connectivity index (χ1) is 15.5. The Morgan fingerprint density at radius 1 is 1.27 bits per heavy atom. The van der Waals surface area contributed by atoms with E-state index >= 15 is 0 Å². The van der Waals surface area contributed by atoms with E-state index in [4.69, 9.17) is 9.47 Å². The van der Waals surface area contributed by atoms with Gasteiger partial charge in [0.15, 0.2) is 16.8 Å². The Bertz CT molecular complexity index is 1370. The van der Waals surface area contributed by atoms with Gasteiger partial charge < -0.3 is 29.7 Å². The van der Waals surface area contributed by atoms with Crippen LogP contribution in [0.5, 0.6) is 5.75 Å². The molecule has 0 aromatic heterocycles. The normalized spacial score (nSPS) is 32.1. The Kier molecular flexibility index (Phi) is 4.61. The molecule has 0 spiro atoms. The average Bonchev–Trinajstić information content (AvgIpc) is 3.17. The number of aliphatic hydroxyl groups is 3. The van der Waals surface area contributed by atoms with Crippen LogP contribution in [0.3, 0.4) is 0 Å². The quantitative estimate of drug-likeness (QED) is 0.517. The average molecular weight is 451 g/mol. The molecule has 8 heteroatoms. The minimum Gasteiger partial charge on any atom is -0.460 e. The summed E-state index contributed by atoms with van der Waals surface area (Å²) in [5, 5.41) is 33.0. The maximum absolute atomic E-state index is 13.4. The van der Waals surface area contributed by atoms with Crippen LogP contribution in [0, 0.1) is 0 Å². The van der Waals surface area contributed by atoms with Gasteiger partial charge in [-0.1, -0.05) is 12.7 Å². The molecule has 4 aliphatic rings. The van der Waals surface area contributed by atoms with Crippen molar-refractivity contribution < 1.29 is 29.6 Å². The monoisotopic (exact) mass is 451 g/mol. The molecule has 1 fully saturated rings. The van der Waals surface area contributed by atoms with E-state index in [1.807, 2.05) is 24.8 Å². The molecule has 3 heterocycles. The van der Waals surface area contributed by atoms with Crippen molar-refractivity contribution in [3.8, 4) is 5.75 Å². The predicted molar refractivity (Wildman–Crippen MR) is 119 cm³/mol. The standard InChI is InChI=1S/C25H25NO7/c1-6-7-26-10(2)8-14-17-11(3)22-19(16(27)9-15(17)21(29)18(14)12(26)4)25(31)23(30)20(28)13(5)32-24(25)33-22/h6,8-9,13,20,23-24,28,30-31H,1,3,7H2,2,4-5H3. The summed E-state index contributed by atoms with van der Waals surface area (Å²) in [5.74, 6) is -0.378. The lowest BCUT2D eigenvalue weighted by Gasteiger charge is -2.42. The van der Waals surface area contributed by atoms with Crippen LogP contribution >= 0.6 is 0 Å². The van der Waals surface area contributed by atoms with Gasteiger partial charge in [-0.25, -0.2) is 0 Å². The van der Waals surface area contributed by atoms with Crippen molar-refractivity contribution in [2.24, 2.45) is 0 Å². The number of rotatable bonds is 2. The summed E-state index contributed by atoms with van der Waals surface area (Å²) < 4.78 is 11.4. The van der Waals surface area contributed by atoms with Crippen molar-refractivity contribution in [2.45, 2.75) is 51.0 Å². The van der Waals surface area contributed by atoms with Crippen LogP contribution in [0.1, 0.15) is 36.7 Å². The van der Waals surface area contributed by atoms with Gasteiger partial charge in [0.05, 0.1) is 11.7 Å². The Labute approximate surface area is 189 Å². The Balaban J connectivity index is 1.85. The number of ketones is 1. The molecule has 0 bridgehead atoms. The summed E-state index contributed by atoms with van der Waals surface area (Å²) in [6.45, 7) is 13.7. The van der Waals surface area contributed by atoms with Gasteiger partial charge in [-0.2, -0.15) is 0 Å². The third-order valence-electron chi connectivity index (χ3n) is 7.04. The van der Waals surface area contributed by atoms with Crippen molar-refractivity contribution in [1.82, 2.24) is 4.90 Å². The highest BCUT2D eigenvalue weighted by molar-refractivity contribution is 6.23. The summed E-state index contributed by atoms with van der Waals surface area (Å²) in [5.41, 5.74) is -0.423. The first-order valence-electron chi connectivity index (χ1n) is 10.7. The molecule has 1 aromatic rings. The lowest BCUT2D eigenvalue weighted by Crippen LogP contribution is -2.63. The molecule has 0 saturated carbocycles. The van der Waals surface area contributed by atoms with Crippen molar-refractivity contribution in [3.63, 3.8) is 0 Å². The molecule has 172 valence electrons. The number of carbonyl (C=O) groups excluding carboxylic acids is 1. The van der Waals surface area contributed by atoms with Gasteiger partial charge in [0.1, 0.15) is 18.0 Å². The molecule has 3 aliphatic heterocycles. The maximum atomic E-state index is 13.4. The van der Waals surface area contributed by atoms with E-state index in [0.29, 0.717) is 22.9 Å². The number of carbonyl (C=O) groups is 1. The first-order valence-corrected chi connectivity index (χ1v) is 10.7. The SMILES string of the molecule is C=CCN1C(C)=CC2=c3c(cc(=O)c4c(c3=C)OC3OC(C)C(O)C(O)C43O)C(=O)C2=C1C. The van der Waals surface area contributed by atoms with E-state index in [2.05, 4.69) is 13.2 Å².